The van der Waals surface area contributed by atoms with Crippen molar-refractivity contribution >= 4 is 63.5 Å². The third-order valence-electron chi connectivity index (χ3n) is 1.17. The molecule has 1 nitrogen and oxygen atoms in total. The van der Waals surface area contributed by atoms with Gasteiger partial charge in [0.15, 0.2) is 0 Å². The summed E-state index contributed by atoms with van der Waals surface area (Å²) in [6, 6.07) is 2.14. The maximum absolute atomic E-state index is 4.45. The van der Waals surface area contributed by atoms with E-state index >= 15 is 0 Å². The summed E-state index contributed by atoms with van der Waals surface area (Å²) in [4.78, 5) is 0. The second kappa shape index (κ2) is 2.98. The number of hydrogen-bond acceptors (Lipinski definition) is 2. The second-order valence-corrected chi connectivity index (χ2v) is 5.50. The third-order valence-corrected chi connectivity index (χ3v) is 6.05. The zero-order chi connectivity index (χ0) is 6.97. The number of rotatable bonds is 0. The zero-order valence-electron chi connectivity index (χ0n) is 4.84. The Balaban J connectivity index is 2.67. The van der Waals surface area contributed by atoms with Crippen LogP contribution in [0.25, 0.3) is 3.58 Å². The Morgan fingerprint density at radius 1 is 1.60 bits per heavy atom. The van der Waals surface area contributed by atoms with Gasteiger partial charge >= 0.3 is 0 Å². The Morgan fingerprint density at radius 2 is 2.50 bits per heavy atom. The molecule has 0 saturated carbocycles. The van der Waals surface area contributed by atoms with E-state index in [4.69, 9.17) is 0 Å². The van der Waals surface area contributed by atoms with Gasteiger partial charge in [0.2, 0.25) is 0 Å². The highest BCUT2D eigenvalue weighted by Crippen LogP contribution is 2.42. The zero-order valence-corrected chi connectivity index (χ0v) is 9.97. The molecular weight excluding hydrogens is 372 g/mol. The van der Waals surface area contributed by atoms with Gasteiger partial charge in [-0.1, -0.05) is 0 Å². The number of halogens is 2. The molecule has 4 heteroatoms. The van der Waals surface area contributed by atoms with Gasteiger partial charge in [-0.25, -0.2) is 3.15 Å². The molecular formula is C6H3I2NS. The fourth-order valence-electron chi connectivity index (χ4n) is 0.719. The van der Waals surface area contributed by atoms with E-state index in [-0.39, 0.29) is 21.0 Å². The SMILES string of the molecule is IC1=CI=Nc2sccc21. The van der Waals surface area contributed by atoms with Crippen LogP contribution in [0.4, 0.5) is 5.00 Å². The third kappa shape index (κ3) is 1.20. The lowest BCUT2D eigenvalue weighted by atomic mass is 10.3. The molecule has 1 aromatic heterocycles. The first kappa shape index (κ1) is 7.35. The quantitative estimate of drug-likeness (QED) is 0.601. The Hall–Kier alpha value is 0.700. The van der Waals surface area contributed by atoms with E-state index in [0.29, 0.717) is 0 Å². The largest absolute Gasteiger partial charge is 0.211 e. The van der Waals surface area contributed by atoms with Crippen LogP contribution in [0.15, 0.2) is 18.7 Å². The van der Waals surface area contributed by atoms with E-state index in [1.165, 1.54) is 14.1 Å². The van der Waals surface area contributed by atoms with E-state index < -0.39 is 0 Å². The summed E-state index contributed by atoms with van der Waals surface area (Å²) in [6.45, 7) is 0. The van der Waals surface area contributed by atoms with Crippen LogP contribution >= 0.6 is 55.0 Å². The molecule has 0 aromatic carbocycles. The number of nitrogens with zero attached hydrogens (tertiary/aromatic N) is 1. The lowest BCUT2D eigenvalue weighted by molar-refractivity contribution is 1.70. The number of hydrogen-bond donors (Lipinski definition) is 0. The Labute approximate surface area is 86.8 Å². The first-order valence-electron chi connectivity index (χ1n) is 2.65. The van der Waals surface area contributed by atoms with Gasteiger partial charge in [0.25, 0.3) is 0 Å². The molecule has 0 atom stereocenters. The average Bonchev–Trinajstić information content (AvgIpc) is 2.36. The van der Waals surface area contributed by atoms with Crippen molar-refractivity contribution in [3.63, 3.8) is 0 Å². The molecule has 0 unspecified atom stereocenters. The molecule has 0 N–H and O–H groups in total. The molecule has 0 saturated heterocycles. The number of thiophene rings is 1. The topological polar surface area (TPSA) is 12.4 Å². The minimum Gasteiger partial charge on any atom is -0.211 e. The summed E-state index contributed by atoms with van der Waals surface area (Å²) in [5.74, 6) is 0. The van der Waals surface area contributed by atoms with Gasteiger partial charge in [0.05, 0.1) is 0 Å². The van der Waals surface area contributed by atoms with E-state index in [9.17, 15) is 0 Å². The summed E-state index contributed by atoms with van der Waals surface area (Å²) in [7, 11) is 0. The summed E-state index contributed by atoms with van der Waals surface area (Å²) in [5.41, 5.74) is 1.33. The minimum atomic E-state index is -0.0225. The molecule has 0 fully saturated rings. The van der Waals surface area contributed by atoms with Crippen LogP contribution in [0, 0.1) is 0 Å². The molecule has 2 rings (SSSR count). The van der Waals surface area contributed by atoms with Gasteiger partial charge in [-0.05, 0) is 34.0 Å². The predicted octanol–water partition coefficient (Wildman–Crippen LogP) is 4.28. The van der Waals surface area contributed by atoms with Crippen molar-refractivity contribution in [1.29, 1.82) is 0 Å². The van der Waals surface area contributed by atoms with Crippen LogP contribution in [0.2, 0.25) is 0 Å². The first-order chi connectivity index (χ1) is 4.88. The minimum absolute atomic E-state index is 0.0225. The Bertz CT molecular complexity index is 313. The van der Waals surface area contributed by atoms with Crippen molar-refractivity contribution in [1.82, 2.24) is 0 Å². The smallest absolute Gasteiger partial charge is 0.130 e. The van der Waals surface area contributed by atoms with Crippen LogP contribution in [-0.2, 0) is 0 Å². The molecule has 10 heavy (non-hydrogen) atoms. The van der Waals surface area contributed by atoms with Crippen LogP contribution in [0.3, 0.4) is 0 Å². The van der Waals surface area contributed by atoms with Crippen LogP contribution in [0.1, 0.15) is 5.56 Å². The van der Waals surface area contributed by atoms with Crippen LogP contribution in [-0.4, -0.2) is 0 Å². The van der Waals surface area contributed by atoms with Crippen LogP contribution in [0.5, 0.6) is 0 Å². The van der Waals surface area contributed by atoms with Crippen molar-refractivity contribution in [3.05, 3.63) is 21.1 Å². The molecule has 2 heterocycles. The fraction of sp³-hybridized carbons (Fsp3) is 0. The molecule has 0 bridgehead atoms. The van der Waals surface area contributed by atoms with E-state index in [2.05, 4.69) is 41.3 Å². The highest BCUT2D eigenvalue weighted by molar-refractivity contribution is 14.2. The fourth-order valence-corrected chi connectivity index (χ4v) is 4.56. The molecule has 0 aliphatic carbocycles. The first-order valence-corrected chi connectivity index (χ1v) is 6.82. The van der Waals surface area contributed by atoms with Gasteiger partial charge in [0.1, 0.15) is 5.00 Å². The highest BCUT2D eigenvalue weighted by atomic mass is 127. The summed E-state index contributed by atoms with van der Waals surface area (Å²) in [5, 5.41) is 3.34. The van der Waals surface area contributed by atoms with Gasteiger partial charge in [-0.15, -0.1) is 11.3 Å². The molecule has 52 valence electrons. The van der Waals surface area contributed by atoms with Crippen LogP contribution < -0.4 is 0 Å². The number of fused-ring (bicyclic) bond motifs is 1. The highest BCUT2D eigenvalue weighted by Gasteiger charge is 2.07. The van der Waals surface area contributed by atoms with Gasteiger partial charge in [-0.3, -0.25) is 0 Å². The molecule has 0 spiro atoms. The van der Waals surface area contributed by atoms with Gasteiger partial charge in [-0.2, -0.15) is 0 Å². The van der Waals surface area contributed by atoms with Crippen molar-refractivity contribution in [3.8, 4) is 0 Å². The summed E-state index contributed by atoms with van der Waals surface area (Å²) in [6.07, 6.45) is 0. The van der Waals surface area contributed by atoms with Crippen molar-refractivity contribution < 1.29 is 0 Å². The average molecular weight is 375 g/mol. The van der Waals surface area contributed by atoms with Gasteiger partial charge in [0, 0.05) is 34.3 Å². The van der Waals surface area contributed by atoms with Crippen molar-refractivity contribution in [2.24, 2.45) is 3.15 Å². The monoisotopic (exact) mass is 375 g/mol. The van der Waals surface area contributed by atoms with Crippen molar-refractivity contribution in [2.45, 2.75) is 0 Å². The van der Waals surface area contributed by atoms with Gasteiger partial charge < -0.3 is 0 Å². The molecule has 1 aliphatic heterocycles. The molecule has 1 aromatic rings. The standard InChI is InChI=1S/C6H3I2NS/c7-5-3-8-9-6-4(5)1-2-10-6/h1-3H. The second-order valence-electron chi connectivity index (χ2n) is 1.78. The molecule has 0 radical (unpaired) electrons. The van der Waals surface area contributed by atoms with E-state index in [1.54, 1.807) is 11.3 Å². The summed E-state index contributed by atoms with van der Waals surface area (Å²) >= 11 is 4.10. The Kier molecular flexibility index (Phi) is 2.19. The summed E-state index contributed by atoms with van der Waals surface area (Å²) < 4.78 is 8.09. The molecule has 1 aliphatic rings. The normalized spacial score (nSPS) is 15.5. The lowest BCUT2D eigenvalue weighted by Gasteiger charge is -1.99. The maximum atomic E-state index is 4.45. The maximum Gasteiger partial charge on any atom is 0.130 e. The predicted molar refractivity (Wildman–Crippen MR) is 62.4 cm³/mol. The van der Waals surface area contributed by atoms with Crippen molar-refractivity contribution in [2.75, 3.05) is 0 Å². The lowest BCUT2D eigenvalue weighted by Crippen LogP contribution is -1.69. The van der Waals surface area contributed by atoms with E-state index in [0.717, 1.165) is 0 Å². The van der Waals surface area contributed by atoms with E-state index in [1.807, 2.05) is 0 Å². The Morgan fingerprint density at radius 3 is 3.30 bits per heavy atom. The molecule has 0 amide bonds.